The Morgan fingerprint density at radius 1 is 1.33 bits per heavy atom. The molecule has 0 radical (unpaired) electrons. The summed E-state index contributed by atoms with van der Waals surface area (Å²) in [5.41, 5.74) is -0.821. The minimum atomic E-state index is -3.31. The fourth-order valence-electron chi connectivity index (χ4n) is 2.42. The van der Waals surface area contributed by atoms with Gasteiger partial charge in [0.25, 0.3) is 5.92 Å². The molecule has 0 aliphatic carbocycles. The topological polar surface area (TPSA) is 62.1 Å². The van der Waals surface area contributed by atoms with Gasteiger partial charge in [-0.2, -0.15) is 14.0 Å². The number of nitrogens with one attached hydrogen (secondary N) is 1. The number of esters is 1. The lowest BCUT2D eigenvalue weighted by Gasteiger charge is -2.19. The molecule has 0 spiro atoms. The van der Waals surface area contributed by atoms with Gasteiger partial charge in [-0.15, -0.1) is 0 Å². The van der Waals surface area contributed by atoms with Crippen molar-refractivity contribution in [1.82, 2.24) is 0 Å². The van der Waals surface area contributed by atoms with Crippen LogP contribution in [0.4, 0.5) is 18.9 Å². The molecule has 0 aliphatic rings. The molecule has 142 valence electrons. The number of ether oxygens (including phenoxy) is 1. The van der Waals surface area contributed by atoms with E-state index in [4.69, 9.17) is 21.6 Å². The van der Waals surface area contributed by atoms with Crippen LogP contribution in [0.1, 0.15) is 23.6 Å². The Bertz CT molecular complexity index is 882. The van der Waals surface area contributed by atoms with E-state index < -0.39 is 30.7 Å². The number of carbonyl (C=O) groups is 1. The van der Waals surface area contributed by atoms with Gasteiger partial charge in [0.1, 0.15) is 0 Å². The first-order valence-electron chi connectivity index (χ1n) is 8.03. The first kappa shape index (κ1) is 20.6. The Balaban J connectivity index is 2.24. The Morgan fingerprint density at radius 3 is 2.70 bits per heavy atom. The van der Waals surface area contributed by atoms with E-state index in [0.29, 0.717) is 0 Å². The molecule has 0 heterocycles. The molecule has 0 atom stereocenters. The Morgan fingerprint density at radius 2 is 2.07 bits per heavy atom. The summed E-state index contributed by atoms with van der Waals surface area (Å²) in [6.45, 7) is 0.802. The molecule has 0 bridgehead atoms. The van der Waals surface area contributed by atoms with Gasteiger partial charge in [-0.3, -0.25) is 4.79 Å². The van der Waals surface area contributed by atoms with E-state index in [1.165, 1.54) is 30.3 Å². The zero-order valence-corrected chi connectivity index (χ0v) is 15.1. The summed E-state index contributed by atoms with van der Waals surface area (Å²) in [6.07, 6.45) is -0.469. The minimum Gasteiger partial charge on any atom is -0.466 e. The molecule has 0 fully saturated rings. The molecule has 8 heteroatoms. The first-order chi connectivity index (χ1) is 12.8. The third-order valence-electron chi connectivity index (χ3n) is 3.74. The van der Waals surface area contributed by atoms with Gasteiger partial charge in [0.05, 0.1) is 36.9 Å². The molecule has 0 unspecified atom stereocenters. The van der Waals surface area contributed by atoms with Crippen LogP contribution < -0.4 is 5.32 Å². The molecule has 4 nitrogen and oxygen atoms in total. The number of halogens is 4. The van der Waals surface area contributed by atoms with E-state index in [9.17, 15) is 18.0 Å². The second-order valence-corrected chi connectivity index (χ2v) is 6.05. The average Bonchev–Trinajstić information content (AvgIpc) is 2.62. The van der Waals surface area contributed by atoms with Crippen molar-refractivity contribution in [2.24, 2.45) is 0 Å². The molecule has 0 aliphatic heterocycles. The lowest BCUT2D eigenvalue weighted by molar-refractivity contribution is -0.142. The molecule has 1 N–H and O–H groups in total. The van der Waals surface area contributed by atoms with Crippen LogP contribution in [0, 0.1) is 17.1 Å². The number of hydrogen-bond acceptors (Lipinski definition) is 4. The maximum Gasteiger partial charge on any atom is 0.310 e. The summed E-state index contributed by atoms with van der Waals surface area (Å²) >= 11 is 5.73. The summed E-state index contributed by atoms with van der Waals surface area (Å²) in [4.78, 5) is 11.6. The van der Waals surface area contributed by atoms with E-state index in [0.717, 1.165) is 6.07 Å². The highest BCUT2D eigenvalue weighted by atomic mass is 35.5. The zero-order valence-electron chi connectivity index (χ0n) is 14.4. The van der Waals surface area contributed by atoms with Gasteiger partial charge in [-0.1, -0.05) is 23.7 Å². The summed E-state index contributed by atoms with van der Waals surface area (Å²) in [5.74, 6) is -4.97. The van der Waals surface area contributed by atoms with E-state index in [2.05, 4.69) is 5.32 Å². The van der Waals surface area contributed by atoms with Crippen molar-refractivity contribution in [1.29, 1.82) is 5.26 Å². The third-order valence-corrected chi connectivity index (χ3v) is 3.97. The molecular weight excluding hydrogens is 381 g/mol. The SMILES string of the molecule is CCOC(=O)Cc1c(C#N)ccc(NCC(F)(F)c2cccc(Cl)c2)c1F. The summed E-state index contributed by atoms with van der Waals surface area (Å²) in [5, 5.41) is 11.6. The van der Waals surface area contributed by atoms with Gasteiger partial charge in [-0.25, -0.2) is 4.39 Å². The second-order valence-electron chi connectivity index (χ2n) is 5.62. The fourth-order valence-corrected chi connectivity index (χ4v) is 2.61. The zero-order chi connectivity index (χ0) is 20.0. The maximum atomic E-state index is 14.7. The van der Waals surface area contributed by atoms with Gasteiger partial charge < -0.3 is 10.1 Å². The Kier molecular flexibility index (Phi) is 6.70. The van der Waals surface area contributed by atoms with Crippen molar-refractivity contribution in [2.45, 2.75) is 19.3 Å². The van der Waals surface area contributed by atoms with Gasteiger partial charge in [0, 0.05) is 16.1 Å². The van der Waals surface area contributed by atoms with Crippen molar-refractivity contribution in [3.63, 3.8) is 0 Å². The standard InChI is InChI=1S/C19H16ClF3N2O2/c1-2-27-17(26)9-15-12(10-24)6-7-16(18(15)21)25-11-19(22,23)13-4-3-5-14(20)8-13/h3-8,25H,2,9,11H2,1H3. The largest absolute Gasteiger partial charge is 0.466 e. The quantitative estimate of drug-likeness (QED) is 0.691. The van der Waals surface area contributed by atoms with Crippen molar-refractivity contribution in [3.8, 4) is 6.07 Å². The molecule has 0 amide bonds. The highest BCUT2D eigenvalue weighted by Crippen LogP contribution is 2.31. The van der Waals surface area contributed by atoms with Crippen LogP contribution in [0.25, 0.3) is 0 Å². The monoisotopic (exact) mass is 396 g/mol. The number of alkyl halides is 2. The highest BCUT2D eigenvalue weighted by Gasteiger charge is 2.32. The maximum absolute atomic E-state index is 14.7. The summed E-state index contributed by atoms with van der Waals surface area (Å²) in [6, 6.07) is 9.43. The van der Waals surface area contributed by atoms with Crippen LogP contribution in [0.3, 0.4) is 0 Å². The van der Waals surface area contributed by atoms with Crippen molar-refractivity contribution in [3.05, 3.63) is 63.9 Å². The van der Waals surface area contributed by atoms with E-state index in [-0.39, 0.29) is 34.0 Å². The fraction of sp³-hybridized carbons (Fsp3) is 0.263. The number of benzene rings is 2. The van der Waals surface area contributed by atoms with Crippen LogP contribution in [0.2, 0.25) is 5.02 Å². The van der Waals surface area contributed by atoms with Crippen molar-refractivity contribution in [2.75, 3.05) is 18.5 Å². The van der Waals surface area contributed by atoms with E-state index >= 15 is 0 Å². The molecule has 27 heavy (non-hydrogen) atoms. The van der Waals surface area contributed by atoms with Crippen molar-refractivity contribution >= 4 is 23.3 Å². The van der Waals surface area contributed by atoms with Gasteiger partial charge in [0.15, 0.2) is 5.82 Å². The van der Waals surface area contributed by atoms with Gasteiger partial charge in [-0.05, 0) is 31.2 Å². The Hall–Kier alpha value is -2.72. The predicted octanol–water partition coefficient (Wildman–Crippen LogP) is 4.66. The molecule has 0 aromatic heterocycles. The lowest BCUT2D eigenvalue weighted by Crippen LogP contribution is -2.25. The Labute approximate surface area is 159 Å². The van der Waals surface area contributed by atoms with Crippen LogP contribution >= 0.6 is 11.6 Å². The number of anilines is 1. The molecule has 0 saturated heterocycles. The van der Waals surface area contributed by atoms with Crippen molar-refractivity contribution < 1.29 is 22.7 Å². The van der Waals surface area contributed by atoms with Crippen LogP contribution in [-0.2, 0) is 21.9 Å². The lowest BCUT2D eigenvalue weighted by atomic mass is 10.0. The summed E-state index contributed by atoms with van der Waals surface area (Å²) in [7, 11) is 0. The smallest absolute Gasteiger partial charge is 0.310 e. The number of rotatable bonds is 7. The van der Waals surface area contributed by atoms with E-state index in [1.807, 2.05) is 0 Å². The predicted molar refractivity (Wildman–Crippen MR) is 95.3 cm³/mol. The van der Waals surface area contributed by atoms with Crippen LogP contribution in [-0.4, -0.2) is 19.1 Å². The third kappa shape index (κ3) is 5.14. The van der Waals surface area contributed by atoms with Gasteiger partial charge >= 0.3 is 5.97 Å². The number of hydrogen-bond donors (Lipinski definition) is 1. The van der Waals surface area contributed by atoms with Gasteiger partial charge in [0.2, 0.25) is 0 Å². The van der Waals surface area contributed by atoms with Crippen LogP contribution in [0.15, 0.2) is 36.4 Å². The number of carbonyl (C=O) groups excluding carboxylic acids is 1. The normalized spacial score (nSPS) is 11.0. The molecular formula is C19H16ClF3N2O2. The average molecular weight is 397 g/mol. The summed E-state index contributed by atoms with van der Waals surface area (Å²) < 4.78 is 48.1. The highest BCUT2D eigenvalue weighted by molar-refractivity contribution is 6.30. The number of nitriles is 1. The second kappa shape index (κ2) is 8.78. The molecule has 2 aromatic rings. The minimum absolute atomic E-state index is 0.0623. The van der Waals surface area contributed by atoms with Crippen LogP contribution in [0.5, 0.6) is 0 Å². The molecule has 2 aromatic carbocycles. The van der Waals surface area contributed by atoms with E-state index in [1.54, 1.807) is 13.0 Å². The molecule has 0 saturated carbocycles. The number of nitrogens with zero attached hydrogens (tertiary/aromatic N) is 1. The first-order valence-corrected chi connectivity index (χ1v) is 8.41. The molecule has 2 rings (SSSR count).